The summed E-state index contributed by atoms with van der Waals surface area (Å²) in [6.45, 7) is 3.50. The zero-order chi connectivity index (χ0) is 14.5. The van der Waals surface area contributed by atoms with Crippen LogP contribution >= 0.6 is 0 Å². The van der Waals surface area contributed by atoms with Crippen molar-refractivity contribution in [1.29, 1.82) is 0 Å². The largest absolute Gasteiger partial charge is 0.494 e. The summed E-state index contributed by atoms with van der Waals surface area (Å²) >= 11 is 0. The maximum absolute atomic E-state index is 5.46. The number of hydrogen-bond acceptors (Lipinski definition) is 2. The highest BCUT2D eigenvalue weighted by Gasteiger charge is 2.00. The van der Waals surface area contributed by atoms with Crippen molar-refractivity contribution >= 4 is 16.5 Å². The van der Waals surface area contributed by atoms with Crippen LogP contribution in [0.1, 0.15) is 12.5 Å². The van der Waals surface area contributed by atoms with E-state index in [0.717, 1.165) is 12.3 Å². The zero-order valence-electron chi connectivity index (χ0n) is 12.2. The van der Waals surface area contributed by atoms with Crippen molar-refractivity contribution < 1.29 is 4.74 Å². The molecule has 0 aliphatic heterocycles. The van der Waals surface area contributed by atoms with Crippen molar-refractivity contribution in [2.45, 2.75) is 13.5 Å². The molecule has 3 aromatic carbocycles. The van der Waals surface area contributed by atoms with Crippen molar-refractivity contribution in [3.8, 4) is 5.75 Å². The summed E-state index contributed by atoms with van der Waals surface area (Å²) in [5.74, 6) is 0.923. The summed E-state index contributed by atoms with van der Waals surface area (Å²) in [4.78, 5) is 0. The summed E-state index contributed by atoms with van der Waals surface area (Å²) in [6.07, 6.45) is 0. The monoisotopic (exact) mass is 277 g/mol. The maximum atomic E-state index is 5.46. The normalized spacial score (nSPS) is 10.5. The minimum absolute atomic E-state index is 0.702. The summed E-state index contributed by atoms with van der Waals surface area (Å²) in [7, 11) is 0. The first-order valence-electron chi connectivity index (χ1n) is 7.30. The van der Waals surface area contributed by atoms with Gasteiger partial charge in [0.2, 0.25) is 0 Å². The van der Waals surface area contributed by atoms with E-state index in [0.29, 0.717) is 6.61 Å². The van der Waals surface area contributed by atoms with Crippen molar-refractivity contribution in [2.24, 2.45) is 0 Å². The Morgan fingerprint density at radius 3 is 2.43 bits per heavy atom. The molecule has 2 nitrogen and oxygen atoms in total. The number of fused-ring (bicyclic) bond motifs is 1. The van der Waals surface area contributed by atoms with Crippen LogP contribution in [-0.4, -0.2) is 6.61 Å². The molecule has 0 saturated heterocycles. The van der Waals surface area contributed by atoms with Gasteiger partial charge in [-0.25, -0.2) is 0 Å². The van der Waals surface area contributed by atoms with Gasteiger partial charge in [-0.15, -0.1) is 0 Å². The van der Waals surface area contributed by atoms with Gasteiger partial charge in [0.1, 0.15) is 5.75 Å². The van der Waals surface area contributed by atoms with Crippen molar-refractivity contribution in [3.05, 3.63) is 72.3 Å². The van der Waals surface area contributed by atoms with E-state index >= 15 is 0 Å². The molecular formula is C19H19NO. The van der Waals surface area contributed by atoms with Crippen LogP contribution in [0.25, 0.3) is 10.8 Å². The van der Waals surface area contributed by atoms with E-state index in [-0.39, 0.29) is 0 Å². The third-order valence-electron chi connectivity index (χ3n) is 3.51. The van der Waals surface area contributed by atoms with Gasteiger partial charge in [-0.3, -0.25) is 0 Å². The maximum Gasteiger partial charge on any atom is 0.119 e. The van der Waals surface area contributed by atoms with Crippen LogP contribution in [0.5, 0.6) is 5.75 Å². The second kappa shape index (κ2) is 6.31. The Labute approximate surface area is 125 Å². The molecule has 0 saturated carbocycles. The van der Waals surface area contributed by atoms with Crippen LogP contribution in [0, 0.1) is 0 Å². The molecule has 0 heterocycles. The molecule has 3 aromatic rings. The molecule has 0 unspecified atom stereocenters. The lowest BCUT2D eigenvalue weighted by Crippen LogP contribution is -2.00. The highest BCUT2D eigenvalue weighted by molar-refractivity contribution is 5.93. The first-order valence-corrected chi connectivity index (χ1v) is 7.30. The van der Waals surface area contributed by atoms with Crippen LogP contribution in [0.15, 0.2) is 66.7 Å². The molecule has 1 N–H and O–H groups in total. The molecule has 0 aromatic heterocycles. The topological polar surface area (TPSA) is 21.3 Å². The number of anilines is 1. The average molecular weight is 277 g/mol. The van der Waals surface area contributed by atoms with E-state index in [2.05, 4.69) is 59.9 Å². The number of nitrogens with one attached hydrogen (secondary N) is 1. The van der Waals surface area contributed by atoms with Gasteiger partial charge >= 0.3 is 0 Å². The Hall–Kier alpha value is -2.48. The number of rotatable bonds is 5. The van der Waals surface area contributed by atoms with Gasteiger partial charge in [0.05, 0.1) is 6.61 Å². The molecule has 0 fully saturated rings. The fraction of sp³-hybridized carbons (Fsp3) is 0.158. The van der Waals surface area contributed by atoms with E-state index in [9.17, 15) is 0 Å². The smallest absolute Gasteiger partial charge is 0.119 e. The van der Waals surface area contributed by atoms with Gasteiger partial charge < -0.3 is 10.1 Å². The minimum atomic E-state index is 0.702. The Balaban J connectivity index is 1.74. The third kappa shape index (κ3) is 3.16. The van der Waals surface area contributed by atoms with Crippen molar-refractivity contribution in [2.75, 3.05) is 11.9 Å². The minimum Gasteiger partial charge on any atom is -0.494 e. The lowest BCUT2D eigenvalue weighted by atomic mass is 10.1. The fourth-order valence-electron chi connectivity index (χ4n) is 2.45. The number of benzene rings is 3. The molecule has 0 spiro atoms. The molecule has 0 bridgehead atoms. The van der Waals surface area contributed by atoms with E-state index in [1.165, 1.54) is 22.0 Å². The highest BCUT2D eigenvalue weighted by atomic mass is 16.5. The van der Waals surface area contributed by atoms with Gasteiger partial charge in [-0.2, -0.15) is 0 Å². The quantitative estimate of drug-likeness (QED) is 0.719. The molecule has 0 aliphatic rings. The summed E-state index contributed by atoms with van der Waals surface area (Å²) < 4.78 is 5.46. The second-order valence-electron chi connectivity index (χ2n) is 4.96. The molecule has 0 aliphatic carbocycles. The highest BCUT2D eigenvalue weighted by Crippen LogP contribution is 2.23. The first kappa shape index (κ1) is 13.5. The van der Waals surface area contributed by atoms with Gasteiger partial charge in [-0.1, -0.05) is 48.5 Å². The Morgan fingerprint density at radius 2 is 1.62 bits per heavy atom. The lowest BCUT2D eigenvalue weighted by molar-refractivity contribution is 0.340. The molecule has 2 heteroatoms. The van der Waals surface area contributed by atoms with Crippen molar-refractivity contribution in [3.63, 3.8) is 0 Å². The van der Waals surface area contributed by atoms with Crippen LogP contribution in [0.4, 0.5) is 5.69 Å². The van der Waals surface area contributed by atoms with Crippen LogP contribution in [-0.2, 0) is 6.54 Å². The Morgan fingerprint density at radius 1 is 0.857 bits per heavy atom. The SMILES string of the molecule is CCOc1ccc(CNc2cccc3ccccc23)cc1. The molecule has 3 rings (SSSR count). The fourth-order valence-corrected chi connectivity index (χ4v) is 2.45. The molecule has 0 radical (unpaired) electrons. The van der Waals surface area contributed by atoms with Crippen LogP contribution in [0.2, 0.25) is 0 Å². The van der Waals surface area contributed by atoms with E-state index < -0.39 is 0 Å². The van der Waals surface area contributed by atoms with Crippen molar-refractivity contribution in [1.82, 2.24) is 0 Å². The predicted octanol–water partition coefficient (Wildman–Crippen LogP) is 4.85. The third-order valence-corrected chi connectivity index (χ3v) is 3.51. The second-order valence-corrected chi connectivity index (χ2v) is 4.96. The van der Waals surface area contributed by atoms with Gasteiger partial charge in [0.25, 0.3) is 0 Å². The van der Waals surface area contributed by atoms with E-state index in [1.54, 1.807) is 0 Å². The van der Waals surface area contributed by atoms with E-state index in [1.807, 2.05) is 19.1 Å². The molecule has 106 valence electrons. The van der Waals surface area contributed by atoms with Crippen LogP contribution < -0.4 is 10.1 Å². The van der Waals surface area contributed by atoms with Crippen LogP contribution in [0.3, 0.4) is 0 Å². The summed E-state index contributed by atoms with van der Waals surface area (Å²) in [6, 6.07) is 23.0. The molecule has 0 atom stereocenters. The average Bonchev–Trinajstić information content (AvgIpc) is 2.54. The number of ether oxygens (including phenoxy) is 1. The zero-order valence-corrected chi connectivity index (χ0v) is 12.2. The summed E-state index contributed by atoms with van der Waals surface area (Å²) in [5, 5.41) is 6.03. The predicted molar refractivity (Wildman–Crippen MR) is 88.9 cm³/mol. The summed E-state index contributed by atoms with van der Waals surface area (Å²) in [5.41, 5.74) is 2.41. The molecular weight excluding hydrogens is 258 g/mol. The standard InChI is InChI=1S/C19H19NO/c1-2-21-17-12-10-15(11-13-17)14-20-19-9-5-7-16-6-3-4-8-18(16)19/h3-13,20H,2,14H2,1H3. The van der Waals surface area contributed by atoms with Gasteiger partial charge in [0.15, 0.2) is 0 Å². The van der Waals surface area contributed by atoms with E-state index in [4.69, 9.17) is 4.74 Å². The molecule has 0 amide bonds. The molecule has 21 heavy (non-hydrogen) atoms. The van der Waals surface area contributed by atoms with Gasteiger partial charge in [-0.05, 0) is 36.1 Å². The Bertz CT molecular complexity index is 714. The number of hydrogen-bond donors (Lipinski definition) is 1. The Kier molecular flexibility index (Phi) is 4.06. The van der Waals surface area contributed by atoms with Gasteiger partial charge in [0, 0.05) is 17.6 Å². The first-order chi connectivity index (χ1) is 10.4. The lowest BCUT2D eigenvalue weighted by Gasteiger charge is -2.10.